The Morgan fingerprint density at radius 2 is 1.97 bits per heavy atom. The van der Waals surface area contributed by atoms with Crippen molar-refractivity contribution >= 4 is 17.6 Å². The zero-order valence-corrected chi connectivity index (χ0v) is 17.9. The molecule has 32 heavy (non-hydrogen) atoms. The molecule has 0 aromatic heterocycles. The monoisotopic (exact) mass is 449 g/mol. The van der Waals surface area contributed by atoms with E-state index in [0.717, 1.165) is 18.6 Å². The summed E-state index contributed by atoms with van der Waals surface area (Å²) in [5.41, 5.74) is 1.04. The Bertz CT molecular complexity index is 922. The Hall–Kier alpha value is -3.10. The van der Waals surface area contributed by atoms with Crippen LogP contribution in [0.25, 0.3) is 0 Å². The molecule has 3 amide bonds. The van der Waals surface area contributed by atoms with E-state index in [2.05, 4.69) is 10.6 Å². The van der Waals surface area contributed by atoms with E-state index in [0.29, 0.717) is 31.5 Å². The summed E-state index contributed by atoms with van der Waals surface area (Å²) in [6, 6.07) is 3.46. The van der Waals surface area contributed by atoms with Gasteiger partial charge in [-0.3, -0.25) is 10.2 Å². The maximum absolute atomic E-state index is 12.9. The van der Waals surface area contributed by atoms with E-state index in [1.165, 1.54) is 17.7 Å². The predicted molar refractivity (Wildman–Crippen MR) is 115 cm³/mol. The molecule has 2 unspecified atom stereocenters. The maximum atomic E-state index is 12.9. The first-order valence-corrected chi connectivity index (χ1v) is 10.6. The minimum absolute atomic E-state index is 0.0593. The zero-order valence-electron chi connectivity index (χ0n) is 17.9. The molecule has 1 aliphatic heterocycles. The van der Waals surface area contributed by atoms with Crippen molar-refractivity contribution < 1.29 is 28.2 Å². The molecule has 1 saturated heterocycles. The molecule has 1 fully saturated rings. The summed E-state index contributed by atoms with van der Waals surface area (Å²) in [4.78, 5) is 26.3. The van der Waals surface area contributed by atoms with Crippen molar-refractivity contribution in [3.05, 3.63) is 59.2 Å². The molecule has 0 bridgehead atoms. The van der Waals surface area contributed by atoms with Gasteiger partial charge in [0.1, 0.15) is 6.04 Å². The second kappa shape index (κ2) is 10.0. The van der Waals surface area contributed by atoms with E-state index in [-0.39, 0.29) is 30.1 Å². The lowest BCUT2D eigenvalue weighted by atomic mass is 9.93. The minimum Gasteiger partial charge on any atom is -0.338 e. The average molecular weight is 449 g/mol. The molecule has 3 rings (SSSR count). The summed E-state index contributed by atoms with van der Waals surface area (Å²) in [5.74, 6) is 0.132. The van der Waals surface area contributed by atoms with Crippen molar-refractivity contribution in [3.8, 4) is 0 Å². The second-order valence-electron chi connectivity index (χ2n) is 8.10. The highest BCUT2D eigenvalue weighted by atomic mass is 19.4. The summed E-state index contributed by atoms with van der Waals surface area (Å²) in [6.07, 6.45) is 3.51. The molecule has 2 aliphatic rings. The maximum Gasteiger partial charge on any atom is 0.416 e. The summed E-state index contributed by atoms with van der Waals surface area (Å²) in [5, 5.41) is 11.9. The summed E-state index contributed by atoms with van der Waals surface area (Å²) in [6.45, 7) is 3.03. The largest absolute Gasteiger partial charge is 0.416 e. The van der Waals surface area contributed by atoms with Crippen LogP contribution in [0.2, 0.25) is 0 Å². The molecule has 0 saturated carbocycles. The van der Waals surface area contributed by atoms with Gasteiger partial charge in [-0.15, -0.1) is 0 Å². The predicted octanol–water partition coefficient (Wildman–Crippen LogP) is 2.07. The van der Waals surface area contributed by atoms with Crippen molar-refractivity contribution in [1.82, 2.24) is 15.5 Å². The number of urea groups is 1. The van der Waals surface area contributed by atoms with Gasteiger partial charge >= 0.3 is 12.2 Å². The van der Waals surface area contributed by atoms with Crippen molar-refractivity contribution in [3.63, 3.8) is 0 Å². The van der Waals surface area contributed by atoms with E-state index >= 15 is 0 Å². The number of benzene rings is 1. The second-order valence-corrected chi connectivity index (χ2v) is 8.10. The number of halogens is 3. The number of rotatable bonds is 7. The molecule has 1 aromatic carbocycles. The molecule has 0 spiro atoms. The number of nitrogens with zero attached hydrogens (tertiary/aromatic N) is 1. The van der Waals surface area contributed by atoms with Crippen LogP contribution in [0.15, 0.2) is 48.1 Å². The number of alkyl halides is 3. The highest BCUT2D eigenvalue weighted by Crippen LogP contribution is 2.29. The fourth-order valence-electron chi connectivity index (χ4n) is 3.93. The van der Waals surface area contributed by atoms with Crippen LogP contribution in [0.4, 0.5) is 18.0 Å². The highest BCUT2D eigenvalue weighted by Gasteiger charge is 2.35. The van der Waals surface area contributed by atoms with Gasteiger partial charge in [-0.25, -0.2) is 4.79 Å². The molecule has 0 radical (unpaired) electrons. The van der Waals surface area contributed by atoms with Gasteiger partial charge in [0.25, 0.3) is 0 Å². The van der Waals surface area contributed by atoms with E-state index in [1.807, 2.05) is 25.2 Å². The van der Waals surface area contributed by atoms with Crippen molar-refractivity contribution in [2.75, 3.05) is 19.6 Å². The molecule has 9 heteroatoms. The number of carbonyl (C=O) groups is 2. The number of amides is 3. The van der Waals surface area contributed by atoms with Gasteiger partial charge in [0.05, 0.1) is 5.56 Å². The van der Waals surface area contributed by atoms with Crippen molar-refractivity contribution in [1.29, 1.82) is 0 Å². The molecule has 6 nitrogen and oxygen atoms in total. The smallest absolute Gasteiger partial charge is 0.338 e. The summed E-state index contributed by atoms with van der Waals surface area (Å²) >= 11 is 0. The summed E-state index contributed by atoms with van der Waals surface area (Å²) in [7, 11) is 0. The van der Waals surface area contributed by atoms with Gasteiger partial charge < -0.3 is 15.5 Å². The molecule has 1 aromatic rings. The number of carbonyl (C=O) groups excluding carboxylic acids is 2. The number of allylic oxidation sites excluding steroid dienone is 3. The Balaban J connectivity index is 1.64. The van der Waals surface area contributed by atoms with Gasteiger partial charge in [-0.2, -0.15) is 13.2 Å². The van der Waals surface area contributed by atoms with E-state index in [4.69, 9.17) is 5.41 Å². The Labute approximate surface area is 185 Å². The third-order valence-electron chi connectivity index (χ3n) is 5.92. The van der Waals surface area contributed by atoms with E-state index < -0.39 is 17.8 Å². The van der Waals surface area contributed by atoms with Gasteiger partial charge in [0.2, 0.25) is 11.6 Å². The van der Waals surface area contributed by atoms with Crippen LogP contribution in [0.3, 0.4) is 0 Å². The number of hydrogen-bond acceptors (Lipinski definition) is 2. The van der Waals surface area contributed by atoms with Crippen molar-refractivity contribution in [2.24, 2.45) is 5.92 Å². The van der Waals surface area contributed by atoms with Gasteiger partial charge in [-0.05, 0) is 44.0 Å². The lowest BCUT2D eigenvalue weighted by Gasteiger charge is -2.26. The number of hydrogen-bond donors (Lipinski definition) is 3. The number of nitrogens with two attached hydrogens (primary N) is 1. The minimum atomic E-state index is -4.45. The highest BCUT2D eigenvalue weighted by molar-refractivity contribution is 6.02. The Kier molecular flexibility index (Phi) is 7.37. The molecular weight excluding hydrogens is 421 g/mol. The average Bonchev–Trinajstić information content (AvgIpc) is 3.18. The first-order valence-electron chi connectivity index (χ1n) is 10.6. The van der Waals surface area contributed by atoms with Gasteiger partial charge in [-0.1, -0.05) is 23.8 Å². The van der Waals surface area contributed by atoms with Crippen LogP contribution < -0.4 is 16.0 Å². The first kappa shape index (κ1) is 23.6. The van der Waals surface area contributed by atoms with Crippen LogP contribution in [-0.4, -0.2) is 48.2 Å². The quantitative estimate of drug-likeness (QED) is 0.557. The lowest BCUT2D eigenvalue weighted by Crippen LogP contribution is -2.59. The fourth-order valence-corrected chi connectivity index (χ4v) is 3.93. The van der Waals surface area contributed by atoms with Crippen LogP contribution >= 0.6 is 0 Å². The Morgan fingerprint density at radius 1 is 1.25 bits per heavy atom. The Morgan fingerprint density at radius 3 is 2.56 bits per heavy atom. The molecule has 172 valence electrons. The zero-order chi connectivity index (χ0) is 23.3. The fraction of sp³-hybridized carbons (Fsp3) is 0.435. The van der Waals surface area contributed by atoms with Crippen molar-refractivity contribution in [2.45, 2.75) is 38.4 Å². The van der Waals surface area contributed by atoms with Crippen LogP contribution in [0.5, 0.6) is 0 Å². The normalized spacial score (nSPS) is 19.5. The van der Waals surface area contributed by atoms with Gasteiger partial charge in [0.15, 0.2) is 0 Å². The standard InChI is InChI=1S/C23H27F3N4O2/c1-15-5-2-3-6-17(15)13-28-22(32)29-14-19(30-12-4-7-20(30)31)21(27)16-8-10-18(11-9-16)23(24,25)26/h2-3,5,8-11,17,19,27H,4,6-7,12-14H2,1H3,(H2,28,29,32)/p+1. The molecule has 2 atom stereocenters. The van der Waals surface area contributed by atoms with Gasteiger partial charge in [0, 0.05) is 37.5 Å². The van der Waals surface area contributed by atoms with E-state index in [1.54, 1.807) is 4.90 Å². The molecule has 4 N–H and O–H groups in total. The van der Waals surface area contributed by atoms with Crippen LogP contribution in [0, 0.1) is 5.92 Å². The van der Waals surface area contributed by atoms with Crippen LogP contribution in [0.1, 0.15) is 37.3 Å². The third-order valence-corrected chi connectivity index (χ3v) is 5.92. The lowest BCUT2D eigenvalue weighted by molar-refractivity contribution is -0.137. The third kappa shape index (κ3) is 5.77. The topological polar surface area (TPSA) is 87.0 Å². The SMILES string of the molecule is CC1=CC=CCC1CNC(=O)NCC(C(=[NH2+])c1ccc(C(F)(F)F)cc1)N1CCCC1=O. The summed E-state index contributed by atoms with van der Waals surface area (Å²) < 4.78 is 38.6. The number of nitrogens with one attached hydrogen (secondary N) is 2. The van der Waals surface area contributed by atoms with Crippen LogP contribution in [-0.2, 0) is 11.0 Å². The molecule has 1 aliphatic carbocycles. The van der Waals surface area contributed by atoms with E-state index in [9.17, 15) is 22.8 Å². The number of likely N-dealkylation sites (tertiary alicyclic amines) is 1. The molecular formula is C23H28F3N4O2+. The molecule has 1 heterocycles. The first-order chi connectivity index (χ1) is 15.2.